The molecule has 1 atom stereocenters. The molecule has 0 aliphatic carbocycles. The maximum Gasteiger partial charge on any atom is 0.323 e. The summed E-state index contributed by atoms with van der Waals surface area (Å²) in [6.45, 7) is 3.60. The van der Waals surface area contributed by atoms with Crippen molar-refractivity contribution in [1.82, 2.24) is 9.97 Å². The van der Waals surface area contributed by atoms with Gasteiger partial charge in [-0.2, -0.15) is 12.6 Å². The third-order valence-corrected chi connectivity index (χ3v) is 2.34. The molecular weight excluding hydrogens is 216 g/mol. The van der Waals surface area contributed by atoms with E-state index in [-0.39, 0.29) is 17.7 Å². The molecule has 6 heteroatoms. The van der Waals surface area contributed by atoms with Crippen LogP contribution in [0.3, 0.4) is 0 Å². The summed E-state index contributed by atoms with van der Waals surface area (Å²) in [4.78, 5) is 29.1. The molecule has 0 fully saturated rings. The fraction of sp³-hybridized carbons (Fsp3) is 0.444. The third kappa shape index (κ3) is 2.59. The van der Waals surface area contributed by atoms with Gasteiger partial charge in [0.1, 0.15) is 5.25 Å². The van der Waals surface area contributed by atoms with Crippen LogP contribution in [0.1, 0.15) is 23.4 Å². The Morgan fingerprint density at radius 1 is 1.73 bits per heavy atom. The van der Waals surface area contributed by atoms with Crippen LogP contribution in [0.5, 0.6) is 0 Å². The molecule has 0 radical (unpaired) electrons. The summed E-state index contributed by atoms with van der Waals surface area (Å²) in [6.07, 6.45) is 1.28. The van der Waals surface area contributed by atoms with Crippen molar-refractivity contribution >= 4 is 18.6 Å². The average molecular weight is 228 g/mol. The standard InChI is InChI=1S/C9H12N2O3S/c1-3-14-9(13)7(15)6-5(2)10-4-11-8(6)12/h4,7,15H,3H2,1-2H3,(H,10,11,12). The van der Waals surface area contributed by atoms with E-state index in [9.17, 15) is 9.59 Å². The number of H-pyrrole nitrogens is 1. The van der Waals surface area contributed by atoms with Crippen molar-refractivity contribution in [2.45, 2.75) is 19.1 Å². The first kappa shape index (κ1) is 11.8. The lowest BCUT2D eigenvalue weighted by atomic mass is 10.1. The van der Waals surface area contributed by atoms with Crippen molar-refractivity contribution in [2.24, 2.45) is 0 Å². The average Bonchev–Trinajstić information content (AvgIpc) is 2.17. The van der Waals surface area contributed by atoms with Gasteiger partial charge in [-0.25, -0.2) is 4.98 Å². The summed E-state index contributed by atoms with van der Waals surface area (Å²) >= 11 is 4.05. The molecule has 0 aliphatic rings. The van der Waals surface area contributed by atoms with Crippen LogP contribution in [-0.2, 0) is 9.53 Å². The fourth-order valence-corrected chi connectivity index (χ4v) is 1.54. The zero-order valence-corrected chi connectivity index (χ0v) is 9.38. The number of esters is 1. The number of ether oxygens (including phenoxy) is 1. The highest BCUT2D eigenvalue weighted by Gasteiger charge is 2.22. The maximum atomic E-state index is 11.4. The van der Waals surface area contributed by atoms with E-state index < -0.39 is 11.2 Å². The summed E-state index contributed by atoms with van der Waals surface area (Å²) in [7, 11) is 0. The SMILES string of the molecule is CCOC(=O)C(S)c1c(C)nc[nH]c1=O. The monoisotopic (exact) mass is 228 g/mol. The van der Waals surface area contributed by atoms with Crippen LogP contribution in [0.2, 0.25) is 0 Å². The minimum Gasteiger partial charge on any atom is -0.465 e. The van der Waals surface area contributed by atoms with Crippen LogP contribution < -0.4 is 5.56 Å². The Kier molecular flexibility index (Phi) is 3.90. The number of aromatic amines is 1. The Morgan fingerprint density at radius 2 is 2.40 bits per heavy atom. The van der Waals surface area contributed by atoms with Crippen molar-refractivity contribution in [2.75, 3.05) is 6.61 Å². The Hall–Kier alpha value is -1.30. The van der Waals surface area contributed by atoms with Gasteiger partial charge in [-0.15, -0.1) is 0 Å². The van der Waals surface area contributed by atoms with E-state index in [2.05, 4.69) is 22.6 Å². The summed E-state index contributed by atoms with van der Waals surface area (Å²) in [5.41, 5.74) is 0.349. The van der Waals surface area contributed by atoms with Gasteiger partial charge in [0.05, 0.1) is 18.5 Å². The summed E-state index contributed by atoms with van der Waals surface area (Å²) in [5.74, 6) is -0.539. The minimum absolute atomic E-state index is 0.235. The number of carbonyl (C=O) groups is 1. The molecule has 0 saturated heterocycles. The second-order valence-electron chi connectivity index (χ2n) is 2.89. The number of carbonyl (C=O) groups excluding carboxylic acids is 1. The van der Waals surface area contributed by atoms with Gasteiger partial charge >= 0.3 is 5.97 Å². The number of rotatable bonds is 3. The Bertz CT molecular complexity index is 416. The zero-order valence-electron chi connectivity index (χ0n) is 8.48. The van der Waals surface area contributed by atoms with Crippen LogP contribution in [0, 0.1) is 6.92 Å². The molecule has 0 saturated carbocycles. The summed E-state index contributed by atoms with van der Waals surface area (Å²) in [6, 6.07) is 0. The van der Waals surface area contributed by atoms with Gasteiger partial charge in [0, 0.05) is 5.69 Å². The minimum atomic E-state index is -0.887. The van der Waals surface area contributed by atoms with E-state index in [0.29, 0.717) is 5.69 Å². The second kappa shape index (κ2) is 4.97. The number of thiol groups is 1. The lowest BCUT2D eigenvalue weighted by Gasteiger charge is -2.10. The van der Waals surface area contributed by atoms with Crippen molar-refractivity contribution in [3.63, 3.8) is 0 Å². The Balaban J connectivity index is 3.06. The highest BCUT2D eigenvalue weighted by atomic mass is 32.1. The van der Waals surface area contributed by atoms with E-state index in [1.807, 2.05) is 0 Å². The van der Waals surface area contributed by atoms with Gasteiger partial charge in [-0.1, -0.05) is 0 Å². The summed E-state index contributed by atoms with van der Waals surface area (Å²) in [5, 5.41) is -0.887. The van der Waals surface area contributed by atoms with Crippen LogP contribution in [0.25, 0.3) is 0 Å². The first-order chi connectivity index (χ1) is 7.07. The van der Waals surface area contributed by atoms with E-state index in [1.165, 1.54) is 6.33 Å². The topological polar surface area (TPSA) is 72.0 Å². The first-order valence-electron chi connectivity index (χ1n) is 4.46. The van der Waals surface area contributed by atoms with Gasteiger partial charge in [-0.05, 0) is 13.8 Å². The molecule has 1 aromatic rings. The molecule has 0 spiro atoms. The largest absolute Gasteiger partial charge is 0.465 e. The molecule has 1 N–H and O–H groups in total. The van der Waals surface area contributed by atoms with Gasteiger partial charge < -0.3 is 9.72 Å². The quantitative estimate of drug-likeness (QED) is 0.587. The Labute approximate surface area is 92.3 Å². The van der Waals surface area contributed by atoms with E-state index >= 15 is 0 Å². The van der Waals surface area contributed by atoms with Crippen LogP contribution in [0.15, 0.2) is 11.1 Å². The third-order valence-electron chi connectivity index (χ3n) is 1.87. The molecular formula is C9H12N2O3S. The van der Waals surface area contributed by atoms with Gasteiger partial charge in [0.15, 0.2) is 0 Å². The van der Waals surface area contributed by atoms with Gasteiger partial charge in [0.2, 0.25) is 0 Å². The van der Waals surface area contributed by atoms with Crippen molar-refractivity contribution in [1.29, 1.82) is 0 Å². The molecule has 1 aromatic heterocycles. The zero-order chi connectivity index (χ0) is 11.4. The van der Waals surface area contributed by atoms with Crippen LogP contribution in [0.4, 0.5) is 0 Å². The molecule has 82 valence electrons. The van der Waals surface area contributed by atoms with Crippen LogP contribution >= 0.6 is 12.6 Å². The molecule has 0 amide bonds. The molecule has 15 heavy (non-hydrogen) atoms. The molecule has 0 aromatic carbocycles. The predicted molar refractivity (Wildman–Crippen MR) is 58.0 cm³/mol. The van der Waals surface area contributed by atoms with Crippen molar-refractivity contribution < 1.29 is 9.53 Å². The number of nitrogens with one attached hydrogen (secondary N) is 1. The molecule has 1 heterocycles. The number of nitrogens with zero attached hydrogens (tertiary/aromatic N) is 1. The second-order valence-corrected chi connectivity index (χ2v) is 3.40. The highest BCUT2D eigenvalue weighted by Crippen LogP contribution is 2.19. The number of hydrogen-bond acceptors (Lipinski definition) is 5. The van der Waals surface area contributed by atoms with E-state index in [0.717, 1.165) is 0 Å². The van der Waals surface area contributed by atoms with Gasteiger partial charge in [0.25, 0.3) is 5.56 Å². The number of aromatic nitrogens is 2. The van der Waals surface area contributed by atoms with Crippen LogP contribution in [-0.4, -0.2) is 22.5 Å². The lowest BCUT2D eigenvalue weighted by molar-refractivity contribution is -0.142. The lowest BCUT2D eigenvalue weighted by Crippen LogP contribution is -2.22. The molecule has 1 unspecified atom stereocenters. The molecule has 0 bridgehead atoms. The fourth-order valence-electron chi connectivity index (χ4n) is 1.16. The van der Waals surface area contributed by atoms with Crippen molar-refractivity contribution in [3.8, 4) is 0 Å². The normalized spacial score (nSPS) is 12.2. The van der Waals surface area contributed by atoms with E-state index in [1.54, 1.807) is 13.8 Å². The molecule has 0 aliphatic heterocycles. The van der Waals surface area contributed by atoms with Crippen molar-refractivity contribution in [3.05, 3.63) is 27.9 Å². The summed E-state index contributed by atoms with van der Waals surface area (Å²) < 4.78 is 4.77. The van der Waals surface area contributed by atoms with E-state index in [4.69, 9.17) is 4.74 Å². The highest BCUT2D eigenvalue weighted by molar-refractivity contribution is 7.81. The Morgan fingerprint density at radius 3 is 2.93 bits per heavy atom. The number of aryl methyl sites for hydroxylation is 1. The molecule has 5 nitrogen and oxygen atoms in total. The maximum absolute atomic E-state index is 11.4. The smallest absolute Gasteiger partial charge is 0.323 e. The first-order valence-corrected chi connectivity index (χ1v) is 4.98. The van der Waals surface area contributed by atoms with Gasteiger partial charge in [-0.3, -0.25) is 9.59 Å². The molecule has 1 rings (SSSR count). The predicted octanol–water partition coefficient (Wildman–Crippen LogP) is 0.612. The number of hydrogen-bond donors (Lipinski definition) is 2.